The van der Waals surface area contributed by atoms with Crippen molar-refractivity contribution < 1.29 is 29.0 Å². The molecule has 2 aromatic heterocycles. The molecule has 2 fully saturated rings. The fourth-order valence-corrected chi connectivity index (χ4v) is 9.75. The molecule has 5 N–H and O–H groups in total. The Kier molecular flexibility index (Phi) is 11.4. The topological polar surface area (TPSA) is 178 Å². The van der Waals surface area contributed by atoms with Crippen molar-refractivity contribution in [2.45, 2.75) is 102 Å². The maximum Gasteiger partial charge on any atom is 0.407 e. The number of amides is 3. The van der Waals surface area contributed by atoms with Crippen molar-refractivity contribution in [3.63, 3.8) is 0 Å². The molecule has 7 unspecified atom stereocenters. The quantitative estimate of drug-likeness (QED) is 0.0931. The maximum atomic E-state index is 13.8. The van der Waals surface area contributed by atoms with Gasteiger partial charge in [0.1, 0.15) is 23.9 Å². The van der Waals surface area contributed by atoms with Gasteiger partial charge in [-0.3, -0.25) is 9.69 Å². The van der Waals surface area contributed by atoms with E-state index >= 15 is 0 Å². The molecular formula is C45H56N8O6. The number of alkyl carbamates (subject to hydrolysis) is 2. The van der Waals surface area contributed by atoms with E-state index in [1.807, 2.05) is 49.9 Å². The summed E-state index contributed by atoms with van der Waals surface area (Å²) in [5.74, 6) is 1.97. The number of aromatic amines is 2. The number of nitrogens with one attached hydrogen (secondary N) is 4. The zero-order valence-corrected chi connectivity index (χ0v) is 34.7. The average molecular weight is 805 g/mol. The van der Waals surface area contributed by atoms with E-state index in [9.17, 15) is 19.5 Å². The van der Waals surface area contributed by atoms with E-state index in [2.05, 4.69) is 69.2 Å². The number of allylic oxidation sites excluding steroid dienone is 2. The van der Waals surface area contributed by atoms with Crippen molar-refractivity contribution in [1.82, 2.24) is 40.4 Å². The van der Waals surface area contributed by atoms with E-state index in [1.165, 1.54) is 30.9 Å². The highest BCUT2D eigenvalue weighted by Gasteiger charge is 2.41. The molecule has 3 amide bonds. The molecule has 2 bridgehead atoms. The molecule has 7 atom stereocenters. The van der Waals surface area contributed by atoms with Crippen LogP contribution in [0.3, 0.4) is 0 Å². The van der Waals surface area contributed by atoms with E-state index in [-0.39, 0.29) is 29.8 Å². The third-order valence-corrected chi connectivity index (χ3v) is 12.8. The number of carbonyl (C=O) groups is 3. The van der Waals surface area contributed by atoms with E-state index in [0.29, 0.717) is 24.9 Å². The summed E-state index contributed by atoms with van der Waals surface area (Å²) in [6.07, 6.45) is 10.8. The number of H-pyrrole nitrogens is 2. The van der Waals surface area contributed by atoms with Gasteiger partial charge in [0, 0.05) is 30.5 Å². The van der Waals surface area contributed by atoms with Gasteiger partial charge in [0.15, 0.2) is 0 Å². The fraction of sp³-hybridized carbons (Fsp3) is 0.489. The summed E-state index contributed by atoms with van der Waals surface area (Å²) in [6.45, 7) is 9.07. The van der Waals surface area contributed by atoms with Crippen molar-refractivity contribution in [2.24, 2.45) is 11.8 Å². The number of hydrogen-bond donors (Lipinski definition) is 5. The molecule has 14 nitrogen and oxygen atoms in total. The van der Waals surface area contributed by atoms with Crippen molar-refractivity contribution >= 4 is 18.1 Å². The molecule has 2 aromatic carbocycles. The number of aliphatic hydroxyl groups excluding tert-OH is 1. The summed E-state index contributed by atoms with van der Waals surface area (Å²) < 4.78 is 9.63. The Hall–Kier alpha value is -5.47. The molecule has 59 heavy (non-hydrogen) atoms. The highest BCUT2D eigenvalue weighted by atomic mass is 16.5. The number of ether oxygens (including phenoxy) is 2. The van der Waals surface area contributed by atoms with Gasteiger partial charge in [0.2, 0.25) is 5.91 Å². The van der Waals surface area contributed by atoms with Gasteiger partial charge in [0.05, 0.1) is 56.1 Å². The zero-order valence-electron chi connectivity index (χ0n) is 34.7. The summed E-state index contributed by atoms with van der Waals surface area (Å²) in [6, 6.07) is 11.5. The summed E-state index contributed by atoms with van der Waals surface area (Å²) in [5.41, 5.74) is 9.05. The standard InChI is InChI=1S/C45H56N8O6/c1-24(2)38(50-44(56)58-5)42(54)52-19-7-9-34(52)40-46-22-32(48-40)27-13-11-26(12-14-27)30-17-18-31(37-29-16-15-28(21-29)36(30)37)33-23-47-41(49-33)35-10-8-20-53(35)43(55)39(25(3)4)51-45(57)59-6/h11-18,22-25,28-29,34-35,38-39,42,54H,7-10,19-21H2,1-6H3,(H,46,48)(H,47,49)(H,50,56)(H,51,57). The molecule has 2 aliphatic carbocycles. The Morgan fingerprint density at radius 2 is 1.32 bits per heavy atom. The molecule has 0 saturated carbocycles. The monoisotopic (exact) mass is 804 g/mol. The number of rotatable bonds is 12. The first-order valence-electron chi connectivity index (χ1n) is 21.0. The summed E-state index contributed by atoms with van der Waals surface area (Å²) in [7, 11) is 2.63. The van der Waals surface area contributed by atoms with E-state index in [1.54, 1.807) is 0 Å². The first-order chi connectivity index (χ1) is 28.5. The third kappa shape index (κ3) is 7.64. The second-order valence-corrected chi connectivity index (χ2v) is 17.0. The van der Waals surface area contributed by atoms with Gasteiger partial charge >= 0.3 is 12.2 Å². The van der Waals surface area contributed by atoms with Crippen LogP contribution in [0, 0.1) is 11.8 Å². The maximum absolute atomic E-state index is 13.8. The molecule has 0 spiro atoms. The lowest BCUT2D eigenvalue weighted by molar-refractivity contribution is -0.135. The van der Waals surface area contributed by atoms with Crippen LogP contribution >= 0.6 is 0 Å². The molecular weight excluding hydrogens is 749 g/mol. The van der Waals surface area contributed by atoms with Gasteiger partial charge in [-0.15, -0.1) is 0 Å². The van der Waals surface area contributed by atoms with Crippen molar-refractivity contribution in [3.05, 3.63) is 83.7 Å². The molecule has 312 valence electrons. The van der Waals surface area contributed by atoms with Gasteiger partial charge < -0.3 is 40.1 Å². The van der Waals surface area contributed by atoms with E-state index in [0.717, 1.165) is 71.8 Å². The van der Waals surface area contributed by atoms with Gasteiger partial charge in [-0.1, -0.05) is 76.2 Å². The zero-order chi connectivity index (χ0) is 41.5. The van der Waals surface area contributed by atoms with Crippen LogP contribution in [0.5, 0.6) is 0 Å². The molecule has 4 aromatic rings. The predicted octanol–water partition coefficient (Wildman–Crippen LogP) is 7.15. The van der Waals surface area contributed by atoms with Gasteiger partial charge in [-0.25, -0.2) is 19.6 Å². The minimum absolute atomic E-state index is 0.00697. The van der Waals surface area contributed by atoms with Crippen molar-refractivity contribution in [1.29, 1.82) is 0 Å². The Morgan fingerprint density at radius 1 is 0.746 bits per heavy atom. The van der Waals surface area contributed by atoms with Crippen LogP contribution in [0.1, 0.15) is 106 Å². The van der Waals surface area contributed by atoms with Gasteiger partial charge in [0.25, 0.3) is 0 Å². The fourth-order valence-electron chi connectivity index (χ4n) is 9.75. The van der Waals surface area contributed by atoms with E-state index in [4.69, 9.17) is 19.4 Å². The Labute approximate surface area is 345 Å². The molecule has 14 heteroatoms. The van der Waals surface area contributed by atoms with Crippen LogP contribution in [0.4, 0.5) is 9.59 Å². The number of benzene rings is 2. The molecule has 4 aliphatic rings. The van der Waals surface area contributed by atoms with Gasteiger partial charge in [-0.05, 0) is 71.8 Å². The molecule has 0 radical (unpaired) electrons. The normalized spacial score (nSPS) is 22.5. The summed E-state index contributed by atoms with van der Waals surface area (Å²) in [5, 5.41) is 17.0. The third-order valence-electron chi connectivity index (χ3n) is 12.8. The first-order valence-corrected chi connectivity index (χ1v) is 21.0. The highest BCUT2D eigenvalue weighted by Crippen LogP contribution is 2.55. The van der Waals surface area contributed by atoms with Crippen LogP contribution < -0.4 is 10.6 Å². The lowest BCUT2D eigenvalue weighted by Crippen LogP contribution is -2.54. The smallest absolute Gasteiger partial charge is 0.407 e. The second-order valence-electron chi connectivity index (χ2n) is 17.0. The highest BCUT2D eigenvalue weighted by molar-refractivity contribution is 5.86. The molecule has 2 saturated heterocycles. The number of aromatic nitrogens is 4. The summed E-state index contributed by atoms with van der Waals surface area (Å²) >= 11 is 0. The van der Waals surface area contributed by atoms with Gasteiger partial charge in [-0.2, -0.15) is 0 Å². The Balaban J connectivity index is 1.01. The molecule has 2 aliphatic heterocycles. The number of nitrogens with zero attached hydrogens (tertiary/aromatic N) is 4. The second kappa shape index (κ2) is 16.6. The molecule has 8 rings (SSSR count). The predicted molar refractivity (Wildman–Crippen MR) is 223 cm³/mol. The summed E-state index contributed by atoms with van der Waals surface area (Å²) in [4.78, 5) is 58.5. The lowest BCUT2D eigenvalue weighted by atomic mass is 9.85. The van der Waals surface area contributed by atoms with Crippen LogP contribution in [-0.2, 0) is 14.3 Å². The first kappa shape index (κ1) is 40.3. The molecule has 4 heterocycles. The number of imidazole rings is 2. The SMILES string of the molecule is COC(=O)NC(C(=O)N1CCCC1c1ncc(-c2ccc(-c3ccc(-c4cnc(C5CCCN5C(O)C(NC(=O)OC)C(C)C)[nH]4)cc3)c3c2C2C=CC3C2)[nH]1)C(C)C. The number of methoxy groups -OCH3 is 2. The van der Waals surface area contributed by atoms with Crippen LogP contribution in [0.25, 0.3) is 33.6 Å². The minimum atomic E-state index is -0.892. The van der Waals surface area contributed by atoms with Crippen LogP contribution in [0.15, 0.2) is 60.9 Å². The Bertz CT molecular complexity index is 2210. The van der Waals surface area contributed by atoms with Crippen molar-refractivity contribution in [3.8, 4) is 33.6 Å². The largest absolute Gasteiger partial charge is 0.453 e. The van der Waals surface area contributed by atoms with Crippen molar-refractivity contribution in [2.75, 3.05) is 27.3 Å². The number of aliphatic hydroxyl groups is 1. The average Bonchev–Trinajstić information content (AvgIpc) is 4.10. The number of carbonyl (C=O) groups excluding carboxylic acids is 3. The van der Waals surface area contributed by atoms with Crippen LogP contribution in [0.2, 0.25) is 0 Å². The number of hydrogen-bond acceptors (Lipinski definition) is 9. The number of fused-ring (bicyclic) bond motifs is 5. The lowest BCUT2D eigenvalue weighted by Gasteiger charge is -2.35. The minimum Gasteiger partial charge on any atom is -0.453 e. The van der Waals surface area contributed by atoms with Crippen LogP contribution in [-0.4, -0.2) is 98.6 Å². The van der Waals surface area contributed by atoms with E-state index < -0.39 is 30.5 Å². The Morgan fingerprint density at radius 3 is 2.00 bits per heavy atom. The number of likely N-dealkylation sites (tertiary alicyclic amines) is 2.